The molecule has 0 unspecified atom stereocenters. The molecule has 0 aliphatic heterocycles. The van der Waals surface area contributed by atoms with Gasteiger partial charge in [-0.3, -0.25) is 0 Å². The lowest BCUT2D eigenvalue weighted by molar-refractivity contribution is 0.126. The molecule has 0 radical (unpaired) electrons. The highest BCUT2D eigenvalue weighted by Crippen LogP contribution is 2.30. The number of hydrogen-bond acceptors (Lipinski definition) is 6. The lowest BCUT2D eigenvalue weighted by Crippen LogP contribution is -2.29. The SMILES string of the molecule is CCCCNc1ncc(-c2ccc3ccccc3n2)c(N[C@H]2CC[C@H](O)CC2)n1. The summed E-state index contributed by atoms with van der Waals surface area (Å²) in [6.07, 6.45) is 7.43. The monoisotopic (exact) mass is 391 g/mol. The quantitative estimate of drug-likeness (QED) is 0.510. The van der Waals surface area contributed by atoms with Crippen molar-refractivity contribution in [2.24, 2.45) is 0 Å². The third kappa shape index (κ3) is 4.82. The van der Waals surface area contributed by atoms with Crippen LogP contribution in [0.25, 0.3) is 22.2 Å². The Kier molecular flexibility index (Phi) is 6.20. The van der Waals surface area contributed by atoms with Crippen molar-refractivity contribution in [3.63, 3.8) is 0 Å². The van der Waals surface area contributed by atoms with Gasteiger partial charge in [0.15, 0.2) is 0 Å². The van der Waals surface area contributed by atoms with Crippen LogP contribution in [0.1, 0.15) is 45.4 Å². The lowest BCUT2D eigenvalue weighted by Gasteiger charge is -2.27. The van der Waals surface area contributed by atoms with Crippen molar-refractivity contribution >= 4 is 22.7 Å². The molecule has 29 heavy (non-hydrogen) atoms. The Morgan fingerprint density at radius 3 is 2.69 bits per heavy atom. The van der Waals surface area contributed by atoms with Crippen LogP contribution in [0, 0.1) is 0 Å². The standard InChI is InChI=1S/C23H29N5O/c1-2-3-14-24-23-25-15-19(21-13-8-16-6-4-5-7-20(16)27-21)22(28-23)26-17-9-11-18(29)12-10-17/h4-8,13,15,17-18,29H,2-3,9-12,14H2,1H3,(H2,24,25,26,28)/t17-,18-. The van der Waals surface area contributed by atoms with Crippen LogP contribution in [-0.2, 0) is 0 Å². The molecule has 0 atom stereocenters. The molecule has 6 heteroatoms. The van der Waals surface area contributed by atoms with Crippen LogP contribution in [0.15, 0.2) is 42.6 Å². The number of aliphatic hydroxyl groups excluding tert-OH is 1. The van der Waals surface area contributed by atoms with Gasteiger partial charge in [-0.15, -0.1) is 0 Å². The number of aliphatic hydroxyl groups is 1. The van der Waals surface area contributed by atoms with E-state index in [1.807, 2.05) is 30.5 Å². The summed E-state index contributed by atoms with van der Waals surface area (Å²) in [7, 11) is 0. The molecule has 2 aromatic heterocycles. The summed E-state index contributed by atoms with van der Waals surface area (Å²) in [5, 5.41) is 17.9. The largest absolute Gasteiger partial charge is 0.393 e. The van der Waals surface area contributed by atoms with E-state index in [2.05, 4.69) is 34.7 Å². The predicted octanol–water partition coefficient (Wildman–Crippen LogP) is 4.62. The smallest absolute Gasteiger partial charge is 0.224 e. The Morgan fingerprint density at radius 1 is 1.03 bits per heavy atom. The van der Waals surface area contributed by atoms with Crippen molar-refractivity contribution in [3.05, 3.63) is 42.6 Å². The second kappa shape index (κ2) is 9.18. The van der Waals surface area contributed by atoms with Crippen LogP contribution in [0.5, 0.6) is 0 Å². The third-order valence-electron chi connectivity index (χ3n) is 5.51. The number of nitrogens with zero attached hydrogens (tertiary/aromatic N) is 3. The maximum absolute atomic E-state index is 9.82. The van der Waals surface area contributed by atoms with Crippen LogP contribution in [0.3, 0.4) is 0 Å². The zero-order valence-corrected chi connectivity index (χ0v) is 16.9. The molecule has 1 fully saturated rings. The summed E-state index contributed by atoms with van der Waals surface area (Å²) in [6.45, 7) is 3.03. The molecule has 1 saturated carbocycles. The molecule has 6 nitrogen and oxygen atoms in total. The normalized spacial score (nSPS) is 19.2. The van der Waals surface area contributed by atoms with E-state index in [-0.39, 0.29) is 6.10 Å². The molecule has 0 bridgehead atoms. The average molecular weight is 392 g/mol. The van der Waals surface area contributed by atoms with Crippen LogP contribution >= 0.6 is 0 Å². The number of nitrogens with one attached hydrogen (secondary N) is 2. The van der Waals surface area contributed by atoms with E-state index in [4.69, 9.17) is 9.97 Å². The fourth-order valence-corrected chi connectivity index (χ4v) is 3.77. The van der Waals surface area contributed by atoms with Gasteiger partial charge in [-0.25, -0.2) is 9.97 Å². The number of benzene rings is 1. The van der Waals surface area contributed by atoms with Crippen LogP contribution in [0.2, 0.25) is 0 Å². The van der Waals surface area contributed by atoms with Crippen molar-refractivity contribution in [2.75, 3.05) is 17.2 Å². The Bertz CT molecular complexity index is 953. The minimum atomic E-state index is -0.175. The Hall–Kier alpha value is -2.73. The lowest BCUT2D eigenvalue weighted by atomic mass is 9.93. The first-order valence-corrected chi connectivity index (χ1v) is 10.6. The average Bonchev–Trinajstić information content (AvgIpc) is 2.75. The zero-order chi connectivity index (χ0) is 20.1. The van der Waals surface area contributed by atoms with Gasteiger partial charge >= 0.3 is 0 Å². The predicted molar refractivity (Wildman–Crippen MR) is 118 cm³/mol. The highest BCUT2D eigenvalue weighted by atomic mass is 16.3. The van der Waals surface area contributed by atoms with E-state index < -0.39 is 0 Å². The van der Waals surface area contributed by atoms with E-state index in [0.29, 0.717) is 12.0 Å². The Labute approximate surface area is 171 Å². The Morgan fingerprint density at radius 2 is 1.86 bits per heavy atom. The summed E-state index contributed by atoms with van der Waals surface area (Å²) in [4.78, 5) is 14.1. The van der Waals surface area contributed by atoms with Crippen molar-refractivity contribution in [3.8, 4) is 11.3 Å². The maximum Gasteiger partial charge on any atom is 0.224 e. The fraction of sp³-hybridized carbons (Fsp3) is 0.435. The van der Waals surface area contributed by atoms with Gasteiger partial charge in [-0.1, -0.05) is 37.6 Å². The van der Waals surface area contributed by atoms with E-state index in [1.165, 1.54) is 0 Å². The second-order valence-corrected chi connectivity index (χ2v) is 7.78. The summed E-state index contributed by atoms with van der Waals surface area (Å²) < 4.78 is 0. The number of fused-ring (bicyclic) bond motifs is 1. The van der Waals surface area contributed by atoms with Gasteiger partial charge in [0.1, 0.15) is 5.82 Å². The first-order chi connectivity index (χ1) is 14.2. The molecule has 0 spiro atoms. The van der Waals surface area contributed by atoms with Gasteiger partial charge in [0.2, 0.25) is 5.95 Å². The molecule has 1 aliphatic rings. The molecular formula is C23H29N5O. The molecular weight excluding hydrogens is 362 g/mol. The summed E-state index contributed by atoms with van der Waals surface area (Å²) in [6, 6.07) is 12.5. The van der Waals surface area contributed by atoms with Gasteiger partial charge in [-0.05, 0) is 44.2 Å². The molecule has 1 aliphatic carbocycles. The fourth-order valence-electron chi connectivity index (χ4n) is 3.77. The minimum absolute atomic E-state index is 0.175. The van der Waals surface area contributed by atoms with Crippen molar-refractivity contribution in [2.45, 2.75) is 57.6 Å². The van der Waals surface area contributed by atoms with Gasteiger partial charge in [-0.2, -0.15) is 4.98 Å². The number of hydrogen-bond donors (Lipinski definition) is 3. The third-order valence-corrected chi connectivity index (χ3v) is 5.51. The number of para-hydroxylation sites is 1. The maximum atomic E-state index is 9.82. The van der Waals surface area contributed by atoms with Gasteiger partial charge < -0.3 is 15.7 Å². The molecule has 0 amide bonds. The van der Waals surface area contributed by atoms with Crippen LogP contribution < -0.4 is 10.6 Å². The minimum Gasteiger partial charge on any atom is -0.393 e. The molecule has 3 aromatic rings. The van der Waals surface area contributed by atoms with E-state index in [9.17, 15) is 5.11 Å². The first-order valence-electron chi connectivity index (χ1n) is 10.6. The number of unbranched alkanes of at least 4 members (excludes halogenated alkanes) is 1. The van der Waals surface area contributed by atoms with Crippen molar-refractivity contribution in [1.82, 2.24) is 15.0 Å². The highest BCUT2D eigenvalue weighted by molar-refractivity contribution is 5.83. The zero-order valence-electron chi connectivity index (χ0n) is 16.9. The van der Waals surface area contributed by atoms with Crippen molar-refractivity contribution < 1.29 is 5.11 Å². The molecule has 152 valence electrons. The summed E-state index contributed by atoms with van der Waals surface area (Å²) in [5.41, 5.74) is 2.73. The highest BCUT2D eigenvalue weighted by Gasteiger charge is 2.21. The first kappa shape index (κ1) is 19.6. The number of rotatable bonds is 7. The van der Waals surface area contributed by atoms with Gasteiger partial charge in [0, 0.05) is 24.2 Å². The van der Waals surface area contributed by atoms with E-state index in [0.717, 1.165) is 73.0 Å². The Balaban J connectivity index is 1.64. The van der Waals surface area contributed by atoms with Crippen LogP contribution in [0.4, 0.5) is 11.8 Å². The molecule has 3 N–H and O–H groups in total. The molecule has 2 heterocycles. The van der Waals surface area contributed by atoms with Gasteiger partial charge in [0.25, 0.3) is 0 Å². The number of aromatic nitrogens is 3. The number of pyridine rings is 1. The van der Waals surface area contributed by atoms with Crippen molar-refractivity contribution in [1.29, 1.82) is 0 Å². The van der Waals surface area contributed by atoms with Gasteiger partial charge in [0.05, 0.1) is 22.9 Å². The topological polar surface area (TPSA) is 83.0 Å². The summed E-state index contributed by atoms with van der Waals surface area (Å²) >= 11 is 0. The number of anilines is 2. The molecule has 4 rings (SSSR count). The second-order valence-electron chi connectivity index (χ2n) is 7.78. The van der Waals surface area contributed by atoms with Crippen LogP contribution in [-0.4, -0.2) is 38.7 Å². The molecule has 0 saturated heterocycles. The van der Waals surface area contributed by atoms with E-state index >= 15 is 0 Å². The summed E-state index contributed by atoms with van der Waals surface area (Å²) in [5.74, 6) is 1.45. The molecule has 1 aromatic carbocycles. The van der Waals surface area contributed by atoms with E-state index in [1.54, 1.807) is 0 Å².